The van der Waals surface area contributed by atoms with E-state index in [4.69, 9.17) is 0 Å². The number of amides is 1. The molecular formula is C17H22F3N5O. The summed E-state index contributed by atoms with van der Waals surface area (Å²) in [4.78, 5) is 12.4. The van der Waals surface area contributed by atoms with Crippen molar-refractivity contribution in [1.82, 2.24) is 25.3 Å². The Labute approximate surface area is 149 Å². The third-order valence-electron chi connectivity index (χ3n) is 5.06. The Morgan fingerprint density at radius 3 is 2.69 bits per heavy atom. The Bertz CT molecular complexity index is 808. The van der Waals surface area contributed by atoms with Crippen LogP contribution in [0, 0.1) is 19.8 Å². The highest BCUT2D eigenvalue weighted by molar-refractivity contribution is 5.93. The molecule has 0 bridgehead atoms. The molecule has 2 aromatic heterocycles. The molecule has 26 heavy (non-hydrogen) atoms. The average Bonchev–Trinajstić information content (AvgIpc) is 3.12. The number of H-pyrrole nitrogens is 1. The standard InChI is InChI=1S/C17H22F3N5O/c1-9-15(10(2)25(3)24-9)13-8-14(23-22-13)16(26)21-12-6-4-5-11(7-12)17(18,19)20/h8,11-12H,4-7H2,1-3H3,(H,21,26)(H,22,23). The first-order valence-corrected chi connectivity index (χ1v) is 8.60. The fourth-order valence-electron chi connectivity index (χ4n) is 3.59. The minimum Gasteiger partial charge on any atom is -0.348 e. The van der Waals surface area contributed by atoms with Crippen molar-refractivity contribution < 1.29 is 18.0 Å². The van der Waals surface area contributed by atoms with Gasteiger partial charge in [0.25, 0.3) is 5.91 Å². The predicted molar refractivity (Wildman–Crippen MR) is 89.5 cm³/mol. The summed E-state index contributed by atoms with van der Waals surface area (Å²) in [6, 6.07) is 1.13. The molecule has 1 amide bonds. The smallest absolute Gasteiger partial charge is 0.348 e. The van der Waals surface area contributed by atoms with Crippen LogP contribution in [0.1, 0.15) is 47.6 Å². The van der Waals surface area contributed by atoms with Gasteiger partial charge in [-0.05, 0) is 39.2 Å². The van der Waals surface area contributed by atoms with Crippen LogP contribution in [0.4, 0.5) is 13.2 Å². The Balaban J connectivity index is 1.71. The molecule has 9 heteroatoms. The van der Waals surface area contributed by atoms with Gasteiger partial charge in [-0.15, -0.1) is 0 Å². The first-order chi connectivity index (χ1) is 12.2. The summed E-state index contributed by atoms with van der Waals surface area (Å²) in [5.41, 5.74) is 3.38. The summed E-state index contributed by atoms with van der Waals surface area (Å²) in [5, 5.41) is 13.9. The van der Waals surface area contributed by atoms with Crippen LogP contribution in [0.15, 0.2) is 6.07 Å². The summed E-state index contributed by atoms with van der Waals surface area (Å²) < 4.78 is 40.5. The summed E-state index contributed by atoms with van der Waals surface area (Å²) in [6.07, 6.45) is -3.14. The third kappa shape index (κ3) is 3.61. The van der Waals surface area contributed by atoms with Gasteiger partial charge in [0.05, 0.1) is 17.3 Å². The molecule has 2 unspecified atom stereocenters. The van der Waals surface area contributed by atoms with E-state index >= 15 is 0 Å². The summed E-state index contributed by atoms with van der Waals surface area (Å²) in [5.74, 6) is -1.78. The van der Waals surface area contributed by atoms with Gasteiger partial charge in [-0.1, -0.05) is 6.42 Å². The van der Waals surface area contributed by atoms with Crippen LogP contribution in [0.25, 0.3) is 11.3 Å². The van der Waals surface area contributed by atoms with E-state index < -0.39 is 24.0 Å². The molecule has 2 heterocycles. The van der Waals surface area contributed by atoms with E-state index in [2.05, 4.69) is 20.6 Å². The largest absolute Gasteiger partial charge is 0.391 e. The third-order valence-corrected chi connectivity index (χ3v) is 5.06. The van der Waals surface area contributed by atoms with E-state index in [0.29, 0.717) is 18.5 Å². The highest BCUT2D eigenvalue weighted by Crippen LogP contribution is 2.37. The Kier molecular flexibility index (Phi) is 4.81. The second-order valence-corrected chi connectivity index (χ2v) is 6.91. The van der Waals surface area contributed by atoms with E-state index in [9.17, 15) is 18.0 Å². The SMILES string of the molecule is Cc1nn(C)c(C)c1-c1cc(C(=O)NC2CCCC(C(F)(F)F)C2)[nH]n1. The first-order valence-electron chi connectivity index (χ1n) is 8.60. The van der Waals surface area contributed by atoms with Gasteiger partial charge < -0.3 is 5.32 Å². The molecule has 1 fully saturated rings. The molecule has 2 aromatic rings. The van der Waals surface area contributed by atoms with Crippen molar-refractivity contribution in [3.63, 3.8) is 0 Å². The molecule has 0 radical (unpaired) electrons. The Hall–Kier alpha value is -2.32. The van der Waals surface area contributed by atoms with E-state index in [1.165, 1.54) is 0 Å². The normalized spacial score (nSPS) is 21.0. The number of nitrogens with one attached hydrogen (secondary N) is 2. The topological polar surface area (TPSA) is 75.6 Å². The number of aromatic amines is 1. The number of rotatable bonds is 3. The molecule has 0 spiro atoms. The van der Waals surface area contributed by atoms with Gasteiger partial charge in [-0.2, -0.15) is 23.4 Å². The predicted octanol–water partition coefficient (Wildman–Crippen LogP) is 3.28. The van der Waals surface area contributed by atoms with Gasteiger partial charge >= 0.3 is 6.18 Å². The van der Waals surface area contributed by atoms with Crippen molar-refractivity contribution in [1.29, 1.82) is 0 Å². The number of carbonyl (C=O) groups excluding carboxylic acids is 1. The van der Waals surface area contributed by atoms with Gasteiger partial charge in [-0.25, -0.2) is 0 Å². The minimum atomic E-state index is -4.21. The zero-order valence-corrected chi connectivity index (χ0v) is 14.9. The average molecular weight is 369 g/mol. The van der Waals surface area contributed by atoms with Crippen LogP contribution in [-0.2, 0) is 7.05 Å². The number of halogens is 3. The summed E-state index contributed by atoms with van der Waals surface area (Å²) in [6.45, 7) is 3.76. The van der Waals surface area contributed by atoms with Crippen molar-refractivity contribution in [3.05, 3.63) is 23.1 Å². The Morgan fingerprint density at radius 1 is 1.35 bits per heavy atom. The van der Waals surface area contributed by atoms with Gasteiger partial charge in [0.1, 0.15) is 5.69 Å². The maximum Gasteiger partial charge on any atom is 0.391 e. The molecular weight excluding hydrogens is 347 g/mol. The minimum absolute atomic E-state index is 0.0724. The van der Waals surface area contributed by atoms with Crippen LogP contribution in [-0.4, -0.2) is 38.1 Å². The molecule has 1 saturated carbocycles. The lowest BCUT2D eigenvalue weighted by atomic mass is 9.85. The highest BCUT2D eigenvalue weighted by Gasteiger charge is 2.42. The molecule has 0 aromatic carbocycles. The van der Waals surface area contributed by atoms with Crippen molar-refractivity contribution >= 4 is 5.91 Å². The molecule has 0 saturated heterocycles. The maximum atomic E-state index is 12.9. The first kappa shape index (κ1) is 18.5. The number of carbonyl (C=O) groups is 1. The fraction of sp³-hybridized carbons (Fsp3) is 0.588. The molecule has 3 rings (SSSR count). The Morgan fingerprint density at radius 2 is 2.08 bits per heavy atom. The molecule has 2 atom stereocenters. The molecule has 142 valence electrons. The fourth-order valence-corrected chi connectivity index (χ4v) is 3.59. The van der Waals surface area contributed by atoms with Gasteiger partial charge in [0, 0.05) is 24.3 Å². The van der Waals surface area contributed by atoms with Gasteiger partial charge in [0.15, 0.2) is 0 Å². The lowest BCUT2D eigenvalue weighted by Gasteiger charge is -2.30. The van der Waals surface area contributed by atoms with Crippen molar-refractivity contribution in [2.24, 2.45) is 13.0 Å². The van der Waals surface area contributed by atoms with E-state index in [0.717, 1.165) is 17.0 Å². The number of nitrogens with zero attached hydrogens (tertiary/aromatic N) is 3. The van der Waals surface area contributed by atoms with E-state index in [-0.39, 0.29) is 18.5 Å². The van der Waals surface area contributed by atoms with Crippen molar-refractivity contribution in [2.45, 2.75) is 51.7 Å². The van der Waals surface area contributed by atoms with E-state index in [1.54, 1.807) is 10.7 Å². The molecule has 1 aliphatic rings. The quantitative estimate of drug-likeness (QED) is 0.872. The molecule has 2 N–H and O–H groups in total. The maximum absolute atomic E-state index is 12.9. The molecule has 0 aliphatic heterocycles. The van der Waals surface area contributed by atoms with Crippen LogP contribution in [0.5, 0.6) is 0 Å². The summed E-state index contributed by atoms with van der Waals surface area (Å²) in [7, 11) is 1.83. The van der Waals surface area contributed by atoms with Crippen molar-refractivity contribution in [2.75, 3.05) is 0 Å². The molecule has 1 aliphatic carbocycles. The highest BCUT2D eigenvalue weighted by atomic mass is 19.4. The van der Waals surface area contributed by atoms with Crippen LogP contribution < -0.4 is 5.32 Å². The van der Waals surface area contributed by atoms with Crippen LogP contribution in [0.3, 0.4) is 0 Å². The second-order valence-electron chi connectivity index (χ2n) is 6.91. The van der Waals surface area contributed by atoms with E-state index in [1.807, 2.05) is 20.9 Å². The van der Waals surface area contributed by atoms with Crippen LogP contribution in [0.2, 0.25) is 0 Å². The number of aryl methyl sites for hydroxylation is 2. The lowest BCUT2D eigenvalue weighted by Crippen LogP contribution is -2.41. The zero-order chi connectivity index (χ0) is 19.1. The van der Waals surface area contributed by atoms with Gasteiger partial charge in [0.2, 0.25) is 0 Å². The zero-order valence-electron chi connectivity index (χ0n) is 14.9. The number of hydrogen-bond acceptors (Lipinski definition) is 3. The molecule has 6 nitrogen and oxygen atoms in total. The number of aromatic nitrogens is 4. The lowest BCUT2D eigenvalue weighted by molar-refractivity contribution is -0.183. The monoisotopic (exact) mass is 369 g/mol. The summed E-state index contributed by atoms with van der Waals surface area (Å²) >= 11 is 0. The van der Waals surface area contributed by atoms with Crippen molar-refractivity contribution in [3.8, 4) is 11.3 Å². The number of alkyl halides is 3. The number of hydrogen-bond donors (Lipinski definition) is 2. The van der Waals surface area contributed by atoms with Gasteiger partial charge in [-0.3, -0.25) is 14.6 Å². The second kappa shape index (κ2) is 6.77. The van der Waals surface area contributed by atoms with Crippen LogP contribution >= 0.6 is 0 Å².